The van der Waals surface area contributed by atoms with Crippen molar-refractivity contribution in [1.82, 2.24) is 0 Å². The number of unbranched alkanes of at least 4 members (excludes halogenated alkanes) is 3. The van der Waals surface area contributed by atoms with E-state index in [2.05, 4.69) is 13.8 Å². The molecule has 0 spiro atoms. The Morgan fingerprint density at radius 1 is 1.00 bits per heavy atom. The molecule has 0 saturated heterocycles. The van der Waals surface area contributed by atoms with E-state index in [1.807, 2.05) is 72.2 Å². The van der Waals surface area contributed by atoms with Crippen molar-refractivity contribution in [3.8, 4) is 11.5 Å². The summed E-state index contributed by atoms with van der Waals surface area (Å²) in [7, 11) is 0.539. The van der Waals surface area contributed by atoms with Gasteiger partial charge in [-0.3, -0.25) is 0 Å². The molecule has 8 heteroatoms. The highest BCUT2D eigenvalue weighted by atomic mass is 32.3. The summed E-state index contributed by atoms with van der Waals surface area (Å²) in [4.78, 5) is 2.44. The number of ether oxygens (including phenoxy) is 1. The van der Waals surface area contributed by atoms with Gasteiger partial charge in [-0.1, -0.05) is 51.7 Å². The molecule has 3 aromatic rings. The second-order valence-electron chi connectivity index (χ2n) is 12.3. The van der Waals surface area contributed by atoms with Gasteiger partial charge in [0.15, 0.2) is 11.9 Å². The molecule has 1 aromatic heterocycles. The Bertz CT molecular complexity index is 1310. The molecule has 0 radical (unpaired) electrons. The molecule has 1 aliphatic rings. The normalized spacial score (nSPS) is 22.7. The molecule has 3 unspecified atom stereocenters. The standard InChI is InChI=1S/C35H50N2O5S/c1-5-7-19-35(20-8-6-2)26-43(40,41)32-18-15-28(36(3)4)24-31(32)33(34(35)39)27-13-16-30(17-14-27)42-23-10-9-21-37-22-11-12-29(38)25-37/h11-18,22,24-25,33-34,39H,5-10,19-21,23,26H2,1-4H3,(H2-,38,40,41). The minimum Gasteiger partial charge on any atom is -0.764 e. The van der Waals surface area contributed by atoms with E-state index in [1.165, 1.54) is 0 Å². The predicted octanol–water partition coefficient (Wildman–Crippen LogP) is 7.25. The Labute approximate surface area is 259 Å². The average Bonchev–Trinajstić information content (AvgIpc) is 3.05. The fourth-order valence-corrected chi connectivity index (χ4v) is 8.64. The van der Waals surface area contributed by atoms with Crippen molar-refractivity contribution in [2.24, 2.45) is 5.41 Å². The molecular formula is C35H50N2O5S. The number of anilines is 1. The molecule has 3 atom stereocenters. The van der Waals surface area contributed by atoms with Crippen LogP contribution in [0.1, 0.15) is 82.3 Å². The zero-order valence-electron chi connectivity index (χ0n) is 26.2. The maximum atomic E-state index is 14.1. The monoisotopic (exact) mass is 610 g/mol. The van der Waals surface area contributed by atoms with Crippen LogP contribution in [0, 0.1) is 5.41 Å². The third-order valence-corrected chi connectivity index (χ3v) is 10.9. The van der Waals surface area contributed by atoms with Crippen molar-refractivity contribution in [3.63, 3.8) is 0 Å². The number of aromatic nitrogens is 1. The van der Waals surface area contributed by atoms with Crippen molar-refractivity contribution in [1.29, 1.82) is 0 Å². The number of aryl methyl sites for hydroxylation is 1. The molecule has 1 aliphatic heterocycles. The van der Waals surface area contributed by atoms with Crippen molar-refractivity contribution in [2.45, 2.75) is 88.7 Å². The number of benzene rings is 2. The fourth-order valence-electron chi connectivity index (χ4n) is 6.41. The van der Waals surface area contributed by atoms with E-state index in [-0.39, 0.29) is 11.5 Å². The summed E-state index contributed by atoms with van der Waals surface area (Å²) in [5, 5.41) is 22.0. The molecule has 0 saturated carbocycles. The zero-order chi connectivity index (χ0) is 31.0. The van der Waals surface area contributed by atoms with Crippen LogP contribution in [0.15, 0.2) is 71.9 Å². The average molecular weight is 611 g/mol. The van der Waals surface area contributed by atoms with Gasteiger partial charge in [-0.15, -0.1) is 0 Å². The second-order valence-corrected chi connectivity index (χ2v) is 14.3. The summed E-state index contributed by atoms with van der Waals surface area (Å²) in [6, 6.07) is 17.1. The number of hydrogen-bond acceptors (Lipinski definition) is 6. The Morgan fingerprint density at radius 3 is 2.33 bits per heavy atom. The highest BCUT2D eigenvalue weighted by Crippen LogP contribution is 2.62. The number of aromatic hydroxyl groups is 1. The van der Waals surface area contributed by atoms with Crippen LogP contribution in [-0.4, -0.2) is 51.9 Å². The SMILES string of the molecule is CCCCC1(CCCC)CS([O-])(O)c2ccc(N(C)C)cc2C(c2ccc(OCCCC[n+]3cccc(O)c3)cc2)C1O. The molecule has 4 rings (SSSR count). The Hall–Kier alpha value is -2.78. The minimum atomic E-state index is -3.38. The van der Waals surface area contributed by atoms with E-state index in [0.717, 1.165) is 80.5 Å². The van der Waals surface area contributed by atoms with E-state index >= 15 is 0 Å². The van der Waals surface area contributed by atoms with Crippen LogP contribution in [-0.2, 0) is 6.54 Å². The van der Waals surface area contributed by atoms with Gasteiger partial charge >= 0.3 is 0 Å². The van der Waals surface area contributed by atoms with Gasteiger partial charge < -0.3 is 39.5 Å². The lowest BCUT2D eigenvalue weighted by molar-refractivity contribution is -0.697. The van der Waals surface area contributed by atoms with E-state index in [1.54, 1.807) is 18.3 Å². The van der Waals surface area contributed by atoms with Crippen LogP contribution in [0.5, 0.6) is 11.5 Å². The topological polar surface area (TPSA) is 100 Å². The largest absolute Gasteiger partial charge is 0.764 e. The lowest BCUT2D eigenvalue weighted by Crippen LogP contribution is -2.42. The first-order valence-electron chi connectivity index (χ1n) is 15.7. The molecule has 43 heavy (non-hydrogen) atoms. The van der Waals surface area contributed by atoms with Crippen LogP contribution >= 0.6 is 10.6 Å². The zero-order valence-corrected chi connectivity index (χ0v) is 27.1. The molecule has 2 aromatic carbocycles. The quantitative estimate of drug-likeness (QED) is 0.131. The predicted molar refractivity (Wildman–Crippen MR) is 174 cm³/mol. The van der Waals surface area contributed by atoms with E-state index in [4.69, 9.17) is 4.74 Å². The molecule has 236 valence electrons. The van der Waals surface area contributed by atoms with Gasteiger partial charge in [-0.2, -0.15) is 0 Å². The summed E-state index contributed by atoms with van der Waals surface area (Å²) in [6.07, 6.45) is 9.81. The van der Waals surface area contributed by atoms with E-state index in [9.17, 15) is 19.3 Å². The van der Waals surface area contributed by atoms with Gasteiger partial charge in [0, 0.05) is 54.3 Å². The number of aliphatic hydroxyl groups is 1. The maximum absolute atomic E-state index is 14.1. The third-order valence-electron chi connectivity index (χ3n) is 8.83. The number of rotatable bonds is 14. The van der Waals surface area contributed by atoms with Crippen molar-refractivity contribution < 1.29 is 28.6 Å². The Balaban J connectivity index is 1.61. The second kappa shape index (κ2) is 14.8. The molecule has 0 bridgehead atoms. The highest BCUT2D eigenvalue weighted by molar-refractivity contribution is 8.24. The van der Waals surface area contributed by atoms with Crippen molar-refractivity contribution in [2.75, 3.05) is 31.4 Å². The summed E-state index contributed by atoms with van der Waals surface area (Å²) < 4.78 is 33.7. The van der Waals surface area contributed by atoms with Crippen LogP contribution in [0.25, 0.3) is 0 Å². The Morgan fingerprint density at radius 2 is 1.70 bits per heavy atom. The number of hydrogen-bond donors (Lipinski definition) is 3. The molecular weight excluding hydrogens is 560 g/mol. The summed E-state index contributed by atoms with van der Waals surface area (Å²) in [5.41, 5.74) is 1.93. The van der Waals surface area contributed by atoms with Crippen LogP contribution in [0.3, 0.4) is 0 Å². The first kappa shape index (κ1) is 33.1. The van der Waals surface area contributed by atoms with Gasteiger partial charge in [0.1, 0.15) is 12.3 Å². The molecule has 0 amide bonds. The van der Waals surface area contributed by atoms with Crippen molar-refractivity contribution in [3.05, 3.63) is 78.1 Å². The number of fused-ring (bicyclic) bond motifs is 1. The Kier molecular flexibility index (Phi) is 11.4. The van der Waals surface area contributed by atoms with Crippen molar-refractivity contribution >= 4 is 16.3 Å². The minimum absolute atomic E-state index is 0.0774. The summed E-state index contributed by atoms with van der Waals surface area (Å²) in [6.45, 7) is 5.64. The first-order valence-corrected chi connectivity index (χ1v) is 17.4. The lowest BCUT2D eigenvalue weighted by Gasteiger charge is -2.52. The number of aliphatic hydroxyl groups excluding tert-OH is 1. The molecule has 2 heterocycles. The van der Waals surface area contributed by atoms with Crippen LogP contribution in [0.4, 0.5) is 5.69 Å². The summed E-state index contributed by atoms with van der Waals surface area (Å²) >= 11 is 0. The van der Waals surface area contributed by atoms with E-state index < -0.39 is 28.0 Å². The van der Waals surface area contributed by atoms with Gasteiger partial charge in [0.05, 0.1) is 12.7 Å². The highest BCUT2D eigenvalue weighted by Gasteiger charge is 2.47. The summed E-state index contributed by atoms with van der Waals surface area (Å²) in [5.74, 6) is 0.655. The van der Waals surface area contributed by atoms with Crippen LogP contribution in [0.2, 0.25) is 0 Å². The van der Waals surface area contributed by atoms with Gasteiger partial charge in [0.2, 0.25) is 6.20 Å². The molecule has 0 aliphatic carbocycles. The van der Waals surface area contributed by atoms with E-state index in [0.29, 0.717) is 11.5 Å². The number of pyridine rings is 1. The van der Waals surface area contributed by atoms with Gasteiger partial charge in [-0.25, -0.2) is 4.57 Å². The molecule has 0 fully saturated rings. The number of nitrogens with zero attached hydrogens (tertiary/aromatic N) is 2. The lowest BCUT2D eigenvalue weighted by atomic mass is 9.68. The van der Waals surface area contributed by atoms with Crippen LogP contribution < -0.4 is 14.2 Å². The fraction of sp³-hybridized carbons (Fsp3) is 0.514. The maximum Gasteiger partial charge on any atom is 0.210 e. The first-order chi connectivity index (χ1) is 20.6. The molecule has 7 nitrogen and oxygen atoms in total. The van der Waals surface area contributed by atoms with Gasteiger partial charge in [0.25, 0.3) is 0 Å². The third kappa shape index (κ3) is 8.04. The van der Waals surface area contributed by atoms with Gasteiger partial charge in [-0.05, 0) is 66.8 Å². The molecule has 3 N–H and O–H groups in total. The smallest absolute Gasteiger partial charge is 0.210 e.